The summed E-state index contributed by atoms with van der Waals surface area (Å²) in [5.41, 5.74) is 4.44. The van der Waals surface area contributed by atoms with Gasteiger partial charge in [0.05, 0.1) is 23.5 Å². The predicted molar refractivity (Wildman–Crippen MR) is 104 cm³/mol. The maximum Gasteiger partial charge on any atom is 0.414 e. The lowest BCUT2D eigenvalue weighted by Gasteiger charge is -2.31. The fraction of sp³-hybridized carbons (Fsp3) is 0.429. The van der Waals surface area contributed by atoms with Gasteiger partial charge >= 0.3 is 6.09 Å². The van der Waals surface area contributed by atoms with Gasteiger partial charge in [0.2, 0.25) is 0 Å². The Morgan fingerprint density at radius 1 is 1.25 bits per heavy atom. The molecule has 2 aliphatic rings. The number of aromatic nitrogens is 2. The summed E-state index contributed by atoms with van der Waals surface area (Å²) >= 11 is 0. The average Bonchev–Trinajstić information content (AvgIpc) is 3.12. The van der Waals surface area contributed by atoms with Crippen molar-refractivity contribution < 1.29 is 14.3 Å². The number of amides is 2. The summed E-state index contributed by atoms with van der Waals surface area (Å²) in [6.07, 6.45) is 2.04. The largest absolute Gasteiger partial charge is 0.447 e. The van der Waals surface area contributed by atoms with Crippen LogP contribution in [0.1, 0.15) is 52.8 Å². The Kier molecular flexibility index (Phi) is 4.75. The first-order valence-corrected chi connectivity index (χ1v) is 9.63. The van der Waals surface area contributed by atoms with Crippen LogP contribution in [0.5, 0.6) is 0 Å². The topological polar surface area (TPSA) is 75.6 Å². The van der Waals surface area contributed by atoms with Gasteiger partial charge in [-0.25, -0.2) is 14.8 Å². The molecule has 7 heteroatoms. The van der Waals surface area contributed by atoms with Gasteiger partial charge in [-0.3, -0.25) is 9.69 Å². The van der Waals surface area contributed by atoms with Crippen LogP contribution in [0.4, 0.5) is 10.5 Å². The molecule has 1 aromatic carbocycles. The summed E-state index contributed by atoms with van der Waals surface area (Å²) in [7, 11) is 0. The molecule has 2 amide bonds. The zero-order chi connectivity index (χ0) is 19.8. The molecule has 0 bridgehead atoms. The van der Waals surface area contributed by atoms with Gasteiger partial charge in [0, 0.05) is 19.3 Å². The number of aryl methyl sites for hydroxylation is 1. The zero-order valence-corrected chi connectivity index (χ0v) is 16.4. The molecule has 0 spiro atoms. The Hall–Kier alpha value is -2.96. The highest BCUT2D eigenvalue weighted by Gasteiger charge is 2.30. The Morgan fingerprint density at radius 2 is 2.07 bits per heavy atom. The monoisotopic (exact) mass is 380 g/mol. The molecule has 0 aliphatic carbocycles. The predicted octanol–water partition coefficient (Wildman–Crippen LogP) is 3.06. The van der Waals surface area contributed by atoms with Crippen molar-refractivity contribution >= 4 is 17.7 Å². The smallest absolute Gasteiger partial charge is 0.414 e. The highest BCUT2D eigenvalue weighted by Crippen LogP contribution is 2.31. The number of cyclic esters (lactones) is 1. The van der Waals surface area contributed by atoms with Crippen LogP contribution in [0, 0.1) is 6.92 Å². The molecule has 28 heavy (non-hydrogen) atoms. The van der Waals surface area contributed by atoms with Gasteiger partial charge in [-0.05, 0) is 36.5 Å². The van der Waals surface area contributed by atoms with Crippen molar-refractivity contribution in [3.8, 4) is 0 Å². The van der Waals surface area contributed by atoms with Gasteiger partial charge in [-0.15, -0.1) is 0 Å². The maximum absolute atomic E-state index is 13.2. The first-order valence-electron chi connectivity index (χ1n) is 9.63. The van der Waals surface area contributed by atoms with Gasteiger partial charge in [-0.1, -0.05) is 26.0 Å². The number of carbonyl (C=O) groups excluding carboxylic acids is 2. The van der Waals surface area contributed by atoms with Crippen molar-refractivity contribution in [3.63, 3.8) is 0 Å². The summed E-state index contributed by atoms with van der Waals surface area (Å²) in [6.45, 7) is 7.99. The quantitative estimate of drug-likeness (QED) is 0.818. The SMILES string of the molecule is Cc1ncc(C(=O)N2CCc3c(cccc3N3CCOC3=O)C2)c(C(C)C)n1. The summed E-state index contributed by atoms with van der Waals surface area (Å²) in [6, 6.07) is 5.91. The highest BCUT2D eigenvalue weighted by molar-refractivity contribution is 5.95. The average molecular weight is 380 g/mol. The zero-order valence-electron chi connectivity index (χ0n) is 16.4. The molecule has 2 aromatic rings. The van der Waals surface area contributed by atoms with Gasteiger partial charge in [0.15, 0.2) is 0 Å². The number of rotatable bonds is 3. The molecule has 0 atom stereocenters. The van der Waals surface area contributed by atoms with E-state index in [2.05, 4.69) is 9.97 Å². The second kappa shape index (κ2) is 7.22. The lowest BCUT2D eigenvalue weighted by Crippen LogP contribution is -2.38. The second-order valence-electron chi connectivity index (χ2n) is 7.53. The Morgan fingerprint density at radius 3 is 2.79 bits per heavy atom. The Balaban J connectivity index is 1.62. The van der Waals surface area contributed by atoms with Crippen LogP contribution < -0.4 is 4.90 Å². The molecule has 3 heterocycles. The van der Waals surface area contributed by atoms with E-state index in [0.29, 0.717) is 44.0 Å². The van der Waals surface area contributed by atoms with E-state index >= 15 is 0 Å². The number of carbonyl (C=O) groups is 2. The summed E-state index contributed by atoms with van der Waals surface area (Å²) in [5.74, 6) is 0.775. The number of benzene rings is 1. The third-order valence-electron chi connectivity index (χ3n) is 5.30. The van der Waals surface area contributed by atoms with E-state index in [9.17, 15) is 9.59 Å². The summed E-state index contributed by atoms with van der Waals surface area (Å²) in [4.78, 5) is 37.4. The second-order valence-corrected chi connectivity index (χ2v) is 7.53. The fourth-order valence-electron chi connectivity index (χ4n) is 3.89. The van der Waals surface area contributed by atoms with Crippen molar-refractivity contribution in [2.75, 3.05) is 24.6 Å². The van der Waals surface area contributed by atoms with Crippen LogP contribution in [0.15, 0.2) is 24.4 Å². The molecule has 0 N–H and O–H groups in total. The molecule has 1 aromatic heterocycles. The number of nitrogens with zero attached hydrogens (tertiary/aromatic N) is 4. The van der Waals surface area contributed by atoms with Gasteiger partial charge in [0.1, 0.15) is 12.4 Å². The van der Waals surface area contributed by atoms with E-state index in [1.165, 1.54) is 0 Å². The van der Waals surface area contributed by atoms with E-state index < -0.39 is 0 Å². The molecule has 0 saturated carbocycles. The number of ether oxygens (including phenoxy) is 1. The van der Waals surface area contributed by atoms with Gasteiger partial charge in [0.25, 0.3) is 5.91 Å². The number of anilines is 1. The van der Waals surface area contributed by atoms with E-state index in [1.807, 2.05) is 43.9 Å². The molecule has 0 unspecified atom stereocenters. The van der Waals surface area contributed by atoms with Gasteiger partial charge < -0.3 is 9.64 Å². The van der Waals surface area contributed by atoms with Gasteiger partial charge in [-0.2, -0.15) is 0 Å². The normalized spacial score (nSPS) is 16.4. The molecular formula is C21H24N4O3. The molecule has 1 fully saturated rings. The highest BCUT2D eigenvalue weighted by atomic mass is 16.6. The summed E-state index contributed by atoms with van der Waals surface area (Å²) < 4.78 is 5.08. The Labute approximate surface area is 164 Å². The van der Waals surface area contributed by atoms with Crippen molar-refractivity contribution in [1.29, 1.82) is 0 Å². The fourth-order valence-corrected chi connectivity index (χ4v) is 3.89. The van der Waals surface area contributed by atoms with E-state index in [-0.39, 0.29) is 17.9 Å². The third-order valence-corrected chi connectivity index (χ3v) is 5.30. The van der Waals surface area contributed by atoms with Crippen molar-refractivity contribution in [3.05, 3.63) is 52.6 Å². The van der Waals surface area contributed by atoms with E-state index in [0.717, 1.165) is 22.5 Å². The molecular weight excluding hydrogens is 356 g/mol. The lowest BCUT2D eigenvalue weighted by molar-refractivity contribution is 0.0732. The Bertz CT molecular complexity index is 941. The van der Waals surface area contributed by atoms with Crippen LogP contribution in [-0.2, 0) is 17.7 Å². The number of hydrogen-bond donors (Lipinski definition) is 0. The van der Waals surface area contributed by atoms with Crippen LogP contribution in [0.3, 0.4) is 0 Å². The molecule has 4 rings (SSSR count). The molecule has 7 nitrogen and oxygen atoms in total. The van der Waals surface area contributed by atoms with Crippen molar-refractivity contribution in [2.24, 2.45) is 0 Å². The molecule has 1 saturated heterocycles. The van der Waals surface area contributed by atoms with Crippen LogP contribution in [-0.4, -0.2) is 46.6 Å². The lowest BCUT2D eigenvalue weighted by atomic mass is 9.96. The minimum absolute atomic E-state index is 0.0414. The van der Waals surface area contributed by atoms with Crippen LogP contribution in [0.25, 0.3) is 0 Å². The molecule has 0 radical (unpaired) electrons. The standard InChI is InChI=1S/C21H24N4O3/c1-13(2)19-17(11-22-14(3)23-19)20(26)24-8-7-16-15(12-24)5-4-6-18(16)25-9-10-28-21(25)27/h4-6,11,13H,7-10,12H2,1-3H3. The van der Waals surface area contributed by atoms with Crippen LogP contribution in [0.2, 0.25) is 0 Å². The third kappa shape index (κ3) is 3.21. The minimum Gasteiger partial charge on any atom is -0.447 e. The summed E-state index contributed by atoms with van der Waals surface area (Å²) in [5, 5.41) is 0. The molecule has 146 valence electrons. The minimum atomic E-state index is -0.301. The van der Waals surface area contributed by atoms with Crippen LogP contribution >= 0.6 is 0 Å². The van der Waals surface area contributed by atoms with E-state index in [4.69, 9.17) is 4.74 Å². The number of hydrogen-bond acceptors (Lipinski definition) is 5. The van der Waals surface area contributed by atoms with E-state index in [1.54, 1.807) is 11.1 Å². The molecule has 2 aliphatic heterocycles. The van der Waals surface area contributed by atoms with Crippen molar-refractivity contribution in [2.45, 2.75) is 39.7 Å². The first kappa shape index (κ1) is 18.4. The number of fused-ring (bicyclic) bond motifs is 1. The first-order chi connectivity index (χ1) is 13.5. The maximum atomic E-state index is 13.2. The van der Waals surface area contributed by atoms with Crippen molar-refractivity contribution in [1.82, 2.24) is 14.9 Å².